The van der Waals surface area contributed by atoms with Gasteiger partial charge in [0.05, 0.1) is 19.8 Å². The van der Waals surface area contributed by atoms with Crippen LogP contribution in [0.1, 0.15) is 11.1 Å². The van der Waals surface area contributed by atoms with Crippen molar-refractivity contribution in [2.24, 2.45) is 0 Å². The molecule has 1 aliphatic heterocycles. The topological polar surface area (TPSA) is 57.2 Å². The first-order valence-electron chi connectivity index (χ1n) is 8.41. The number of aliphatic hydroxyl groups is 1. The summed E-state index contributed by atoms with van der Waals surface area (Å²) in [7, 11) is 1.51. The van der Waals surface area contributed by atoms with Gasteiger partial charge in [0.1, 0.15) is 18.3 Å². The van der Waals surface area contributed by atoms with Crippen LogP contribution in [-0.4, -0.2) is 43.4 Å². The molecule has 1 heterocycles. The second-order valence-electron chi connectivity index (χ2n) is 6.03. The maximum absolute atomic E-state index is 10.4. The number of hydrogen-bond donors (Lipinski definition) is 1. The van der Waals surface area contributed by atoms with E-state index in [1.165, 1.54) is 7.11 Å². The van der Waals surface area contributed by atoms with Crippen LogP contribution >= 0.6 is 0 Å². The summed E-state index contributed by atoms with van der Waals surface area (Å²) < 4.78 is 22.6. The van der Waals surface area contributed by atoms with Crippen molar-refractivity contribution >= 4 is 0 Å². The third kappa shape index (κ3) is 4.87. The number of ether oxygens (including phenoxy) is 4. The van der Waals surface area contributed by atoms with Crippen LogP contribution in [0.3, 0.4) is 0 Å². The molecule has 4 atom stereocenters. The van der Waals surface area contributed by atoms with Gasteiger partial charge in [-0.1, -0.05) is 60.7 Å². The van der Waals surface area contributed by atoms with E-state index in [-0.39, 0.29) is 6.10 Å². The van der Waals surface area contributed by atoms with Gasteiger partial charge in [0, 0.05) is 7.11 Å². The molecule has 2 aromatic carbocycles. The highest BCUT2D eigenvalue weighted by Crippen LogP contribution is 2.26. The van der Waals surface area contributed by atoms with Crippen LogP contribution in [0.5, 0.6) is 0 Å². The highest BCUT2D eigenvalue weighted by Gasteiger charge is 2.44. The molecule has 0 spiro atoms. The summed E-state index contributed by atoms with van der Waals surface area (Å²) in [5, 5.41) is 10.4. The van der Waals surface area contributed by atoms with Crippen molar-refractivity contribution < 1.29 is 24.1 Å². The number of methoxy groups -OCH3 is 1. The second-order valence-corrected chi connectivity index (χ2v) is 6.03. The molecule has 0 aliphatic carbocycles. The Morgan fingerprint density at radius 2 is 1.52 bits per heavy atom. The fourth-order valence-electron chi connectivity index (χ4n) is 2.87. The molecular formula is C20H24O5. The summed E-state index contributed by atoms with van der Waals surface area (Å²) >= 11 is 0. The van der Waals surface area contributed by atoms with E-state index in [1.54, 1.807) is 0 Å². The highest BCUT2D eigenvalue weighted by molar-refractivity contribution is 5.14. The molecule has 0 saturated carbocycles. The lowest BCUT2D eigenvalue weighted by Crippen LogP contribution is -2.37. The van der Waals surface area contributed by atoms with Gasteiger partial charge in [0.2, 0.25) is 0 Å². The maximum atomic E-state index is 10.4. The van der Waals surface area contributed by atoms with Crippen molar-refractivity contribution in [3.63, 3.8) is 0 Å². The monoisotopic (exact) mass is 344 g/mol. The molecule has 4 unspecified atom stereocenters. The van der Waals surface area contributed by atoms with Crippen molar-refractivity contribution in [1.82, 2.24) is 0 Å². The van der Waals surface area contributed by atoms with E-state index in [0.29, 0.717) is 19.8 Å². The van der Waals surface area contributed by atoms with Crippen LogP contribution in [0.15, 0.2) is 60.7 Å². The van der Waals surface area contributed by atoms with Crippen molar-refractivity contribution in [2.45, 2.75) is 37.8 Å². The van der Waals surface area contributed by atoms with Gasteiger partial charge in [-0.15, -0.1) is 0 Å². The Morgan fingerprint density at radius 1 is 0.920 bits per heavy atom. The minimum absolute atomic E-state index is 0.325. The van der Waals surface area contributed by atoms with E-state index in [2.05, 4.69) is 0 Å². The fourth-order valence-corrected chi connectivity index (χ4v) is 2.87. The molecule has 1 aliphatic rings. The quantitative estimate of drug-likeness (QED) is 0.797. The van der Waals surface area contributed by atoms with Crippen LogP contribution in [0.25, 0.3) is 0 Å². The van der Waals surface area contributed by atoms with E-state index >= 15 is 0 Å². The van der Waals surface area contributed by atoms with Crippen LogP contribution in [-0.2, 0) is 32.2 Å². The SMILES string of the molecule is COC1OC(COCc2ccccc2)C(OCc2ccccc2)C1O. The lowest BCUT2D eigenvalue weighted by atomic mass is 10.1. The van der Waals surface area contributed by atoms with E-state index in [9.17, 15) is 5.11 Å². The molecule has 1 N–H and O–H groups in total. The zero-order valence-corrected chi connectivity index (χ0v) is 14.3. The molecule has 25 heavy (non-hydrogen) atoms. The molecule has 5 nitrogen and oxygen atoms in total. The summed E-state index contributed by atoms with van der Waals surface area (Å²) in [6, 6.07) is 19.8. The maximum Gasteiger partial charge on any atom is 0.186 e. The van der Waals surface area contributed by atoms with E-state index < -0.39 is 18.5 Å². The molecule has 0 bridgehead atoms. The lowest BCUT2D eigenvalue weighted by Gasteiger charge is -2.20. The average molecular weight is 344 g/mol. The molecule has 1 saturated heterocycles. The van der Waals surface area contributed by atoms with Gasteiger partial charge in [0.25, 0.3) is 0 Å². The smallest absolute Gasteiger partial charge is 0.186 e. The largest absolute Gasteiger partial charge is 0.385 e. The Hall–Kier alpha value is -1.76. The summed E-state index contributed by atoms with van der Waals surface area (Å²) in [6.45, 7) is 1.21. The van der Waals surface area contributed by atoms with Gasteiger partial charge in [-0.25, -0.2) is 0 Å². The average Bonchev–Trinajstić information content (AvgIpc) is 2.97. The number of benzene rings is 2. The molecular weight excluding hydrogens is 320 g/mol. The van der Waals surface area contributed by atoms with Crippen LogP contribution < -0.4 is 0 Å². The van der Waals surface area contributed by atoms with Gasteiger partial charge in [-0.05, 0) is 11.1 Å². The molecule has 134 valence electrons. The standard InChI is InChI=1S/C20H24O5/c1-22-20-18(21)19(24-13-16-10-6-3-7-11-16)17(25-20)14-23-12-15-8-4-2-5-9-15/h2-11,17-21H,12-14H2,1H3. The Bertz CT molecular complexity index is 618. The second kappa shape index (κ2) is 9.08. The first-order valence-corrected chi connectivity index (χ1v) is 8.41. The lowest BCUT2D eigenvalue weighted by molar-refractivity contribution is -0.156. The minimum atomic E-state index is -0.848. The van der Waals surface area contributed by atoms with E-state index in [4.69, 9.17) is 18.9 Å². The number of aliphatic hydroxyl groups excluding tert-OH is 1. The van der Waals surface area contributed by atoms with Crippen molar-refractivity contribution in [3.8, 4) is 0 Å². The summed E-state index contributed by atoms with van der Waals surface area (Å²) in [6.07, 6.45) is -2.43. The van der Waals surface area contributed by atoms with Gasteiger partial charge in [-0.2, -0.15) is 0 Å². The zero-order chi connectivity index (χ0) is 17.5. The minimum Gasteiger partial charge on any atom is -0.385 e. The first-order chi connectivity index (χ1) is 12.3. The Kier molecular flexibility index (Phi) is 6.55. The molecule has 0 radical (unpaired) electrons. The van der Waals surface area contributed by atoms with Crippen LogP contribution in [0.2, 0.25) is 0 Å². The van der Waals surface area contributed by atoms with Crippen molar-refractivity contribution in [3.05, 3.63) is 71.8 Å². The van der Waals surface area contributed by atoms with Crippen LogP contribution in [0.4, 0.5) is 0 Å². The molecule has 2 aromatic rings. The molecule has 3 rings (SSSR count). The van der Waals surface area contributed by atoms with Gasteiger partial charge in [-0.3, -0.25) is 0 Å². The predicted octanol–water partition coefficient (Wildman–Crippen LogP) is 2.52. The third-order valence-electron chi connectivity index (χ3n) is 4.20. The highest BCUT2D eigenvalue weighted by atomic mass is 16.7. The van der Waals surface area contributed by atoms with Gasteiger partial charge in [0.15, 0.2) is 6.29 Å². The molecule has 0 amide bonds. The molecule has 5 heteroatoms. The number of hydrogen-bond acceptors (Lipinski definition) is 5. The van der Waals surface area contributed by atoms with E-state index in [1.807, 2.05) is 60.7 Å². The first kappa shape index (κ1) is 18.0. The van der Waals surface area contributed by atoms with E-state index in [0.717, 1.165) is 11.1 Å². The molecule has 0 aromatic heterocycles. The summed E-state index contributed by atoms with van der Waals surface area (Å²) in [4.78, 5) is 0. The van der Waals surface area contributed by atoms with Crippen LogP contribution in [0, 0.1) is 0 Å². The number of rotatable bonds is 8. The van der Waals surface area contributed by atoms with Gasteiger partial charge >= 0.3 is 0 Å². The van der Waals surface area contributed by atoms with Crippen molar-refractivity contribution in [2.75, 3.05) is 13.7 Å². The Balaban J connectivity index is 1.55. The normalized spacial score (nSPS) is 26.0. The zero-order valence-electron chi connectivity index (χ0n) is 14.3. The van der Waals surface area contributed by atoms with Crippen molar-refractivity contribution in [1.29, 1.82) is 0 Å². The Labute approximate surface area is 148 Å². The summed E-state index contributed by atoms with van der Waals surface area (Å²) in [5.74, 6) is 0. The van der Waals surface area contributed by atoms with Gasteiger partial charge < -0.3 is 24.1 Å². The molecule has 1 fully saturated rings. The summed E-state index contributed by atoms with van der Waals surface area (Å²) in [5.41, 5.74) is 2.13. The fraction of sp³-hybridized carbons (Fsp3) is 0.400. The third-order valence-corrected chi connectivity index (χ3v) is 4.20. The Morgan fingerprint density at radius 3 is 2.12 bits per heavy atom. The predicted molar refractivity (Wildman–Crippen MR) is 92.8 cm³/mol.